The number of alkyl halides is 3. The molecule has 0 amide bonds. The van der Waals surface area contributed by atoms with Gasteiger partial charge in [-0.15, -0.1) is 24.0 Å². The van der Waals surface area contributed by atoms with Crippen molar-refractivity contribution in [2.75, 3.05) is 59.9 Å². The summed E-state index contributed by atoms with van der Waals surface area (Å²) in [5.74, 6) is 1.57. The number of nitrogens with zero attached hydrogens (tertiary/aromatic N) is 3. The van der Waals surface area contributed by atoms with Gasteiger partial charge < -0.3 is 15.5 Å². The van der Waals surface area contributed by atoms with Crippen molar-refractivity contribution in [2.45, 2.75) is 38.8 Å². The molecule has 1 heterocycles. The number of guanidine groups is 1. The molecule has 0 atom stereocenters. The van der Waals surface area contributed by atoms with Gasteiger partial charge in [-0.05, 0) is 64.8 Å². The van der Waals surface area contributed by atoms with E-state index in [4.69, 9.17) is 0 Å². The van der Waals surface area contributed by atoms with Gasteiger partial charge in [0.05, 0.1) is 6.54 Å². The van der Waals surface area contributed by atoms with Crippen LogP contribution in [0.15, 0.2) is 4.99 Å². The Labute approximate surface area is 173 Å². The summed E-state index contributed by atoms with van der Waals surface area (Å²) in [6.07, 6.45) is 0.147. The number of likely N-dealkylation sites (tertiary alicyclic amines) is 1. The summed E-state index contributed by atoms with van der Waals surface area (Å²) in [6.45, 7) is 6.78. The van der Waals surface area contributed by atoms with Gasteiger partial charge in [-0.1, -0.05) is 6.92 Å². The van der Waals surface area contributed by atoms with Gasteiger partial charge >= 0.3 is 6.18 Å². The van der Waals surface area contributed by atoms with Crippen LogP contribution in [-0.4, -0.2) is 81.8 Å². The molecule has 0 bridgehead atoms. The van der Waals surface area contributed by atoms with Gasteiger partial charge in [-0.2, -0.15) is 13.2 Å². The maximum atomic E-state index is 12.2. The highest BCUT2D eigenvalue weighted by molar-refractivity contribution is 14.0. The lowest BCUT2D eigenvalue weighted by molar-refractivity contribution is -0.143. The van der Waals surface area contributed by atoms with E-state index >= 15 is 0 Å². The molecule has 9 heteroatoms. The van der Waals surface area contributed by atoms with Gasteiger partial charge in [0.25, 0.3) is 0 Å². The molecule has 5 nitrogen and oxygen atoms in total. The van der Waals surface area contributed by atoms with Crippen LogP contribution in [0.2, 0.25) is 0 Å². The standard InChI is InChI=1S/C17H34F3N5.HI/c1-15-6-12-25(13-7-15)11-5-9-23-16(21-2)22-8-4-10-24(3)14-17(18,19)20;/h15H,4-14H2,1-3H3,(H2,21,22,23);1H. The second kappa shape index (κ2) is 13.8. The van der Waals surface area contributed by atoms with Crippen LogP contribution < -0.4 is 10.6 Å². The highest BCUT2D eigenvalue weighted by atomic mass is 127. The zero-order valence-electron chi connectivity index (χ0n) is 16.2. The number of aliphatic imine (C=N–C) groups is 1. The molecule has 0 aromatic rings. The zero-order chi connectivity index (χ0) is 18.7. The number of nitrogens with one attached hydrogen (secondary N) is 2. The summed E-state index contributed by atoms with van der Waals surface area (Å²) < 4.78 is 36.7. The van der Waals surface area contributed by atoms with E-state index in [0.29, 0.717) is 25.5 Å². The molecule has 156 valence electrons. The molecule has 1 aliphatic rings. The second-order valence-corrected chi connectivity index (χ2v) is 7.01. The minimum Gasteiger partial charge on any atom is -0.356 e. The van der Waals surface area contributed by atoms with Gasteiger partial charge in [-0.25, -0.2) is 0 Å². The topological polar surface area (TPSA) is 42.9 Å². The summed E-state index contributed by atoms with van der Waals surface area (Å²) >= 11 is 0. The van der Waals surface area contributed by atoms with Crippen LogP contribution >= 0.6 is 24.0 Å². The third kappa shape index (κ3) is 13.0. The van der Waals surface area contributed by atoms with Crippen molar-refractivity contribution >= 4 is 29.9 Å². The van der Waals surface area contributed by atoms with Gasteiger partial charge in [0.15, 0.2) is 5.96 Å². The first-order valence-electron chi connectivity index (χ1n) is 9.22. The maximum Gasteiger partial charge on any atom is 0.401 e. The number of hydrogen-bond acceptors (Lipinski definition) is 3. The molecule has 0 spiro atoms. The predicted molar refractivity (Wildman–Crippen MR) is 112 cm³/mol. The Balaban J connectivity index is 0.00000625. The number of rotatable bonds is 9. The lowest BCUT2D eigenvalue weighted by Crippen LogP contribution is -2.41. The van der Waals surface area contributed by atoms with Crippen molar-refractivity contribution in [1.82, 2.24) is 20.4 Å². The summed E-state index contributed by atoms with van der Waals surface area (Å²) in [7, 11) is 3.19. The minimum atomic E-state index is -4.13. The summed E-state index contributed by atoms with van der Waals surface area (Å²) in [5, 5.41) is 6.41. The highest BCUT2D eigenvalue weighted by Crippen LogP contribution is 2.16. The molecular formula is C17H35F3IN5. The monoisotopic (exact) mass is 493 g/mol. The largest absolute Gasteiger partial charge is 0.401 e. The molecule has 1 saturated heterocycles. The number of hydrogen-bond donors (Lipinski definition) is 2. The van der Waals surface area contributed by atoms with E-state index in [0.717, 1.165) is 25.4 Å². The molecule has 1 fully saturated rings. The molecule has 1 aliphatic heterocycles. The smallest absolute Gasteiger partial charge is 0.356 e. The third-order valence-electron chi connectivity index (χ3n) is 4.50. The van der Waals surface area contributed by atoms with Gasteiger partial charge in [0.1, 0.15) is 0 Å². The lowest BCUT2D eigenvalue weighted by atomic mass is 9.99. The molecular weight excluding hydrogens is 458 g/mol. The van der Waals surface area contributed by atoms with Crippen molar-refractivity contribution < 1.29 is 13.2 Å². The highest BCUT2D eigenvalue weighted by Gasteiger charge is 2.28. The molecule has 1 rings (SSSR count). The van der Waals surface area contributed by atoms with Gasteiger partial charge in [0.2, 0.25) is 0 Å². The maximum absolute atomic E-state index is 12.2. The quantitative estimate of drug-likeness (QED) is 0.225. The van der Waals surface area contributed by atoms with E-state index in [1.54, 1.807) is 7.05 Å². The Hall–Kier alpha value is -0.290. The van der Waals surface area contributed by atoms with Crippen molar-refractivity contribution in [2.24, 2.45) is 10.9 Å². The van der Waals surface area contributed by atoms with Crippen LogP contribution in [0, 0.1) is 5.92 Å². The van der Waals surface area contributed by atoms with Crippen LogP contribution in [0.25, 0.3) is 0 Å². The summed E-state index contributed by atoms with van der Waals surface area (Å²) in [4.78, 5) is 7.94. The van der Waals surface area contributed by atoms with Crippen molar-refractivity contribution in [3.05, 3.63) is 0 Å². The Morgan fingerprint density at radius 1 is 1.15 bits per heavy atom. The van der Waals surface area contributed by atoms with Crippen LogP contribution in [0.1, 0.15) is 32.6 Å². The van der Waals surface area contributed by atoms with E-state index < -0.39 is 12.7 Å². The fourth-order valence-corrected chi connectivity index (χ4v) is 2.96. The third-order valence-corrected chi connectivity index (χ3v) is 4.50. The van der Waals surface area contributed by atoms with Crippen LogP contribution in [0.3, 0.4) is 0 Å². The van der Waals surface area contributed by atoms with E-state index in [1.807, 2.05) is 0 Å². The molecule has 0 saturated carbocycles. The zero-order valence-corrected chi connectivity index (χ0v) is 18.6. The summed E-state index contributed by atoms with van der Waals surface area (Å²) in [6, 6.07) is 0. The molecule has 0 aromatic heterocycles. The van der Waals surface area contributed by atoms with Gasteiger partial charge in [0, 0.05) is 20.1 Å². The van der Waals surface area contributed by atoms with Crippen molar-refractivity contribution in [3.8, 4) is 0 Å². The van der Waals surface area contributed by atoms with E-state index in [2.05, 4.69) is 27.4 Å². The second-order valence-electron chi connectivity index (χ2n) is 7.01. The molecule has 0 radical (unpaired) electrons. The average Bonchev–Trinajstić information content (AvgIpc) is 2.53. The normalized spacial score (nSPS) is 17.3. The fraction of sp³-hybridized carbons (Fsp3) is 0.941. The van der Waals surface area contributed by atoms with E-state index in [1.165, 1.54) is 37.9 Å². The fourth-order valence-electron chi connectivity index (χ4n) is 2.96. The van der Waals surface area contributed by atoms with Crippen molar-refractivity contribution in [1.29, 1.82) is 0 Å². The molecule has 0 aromatic carbocycles. The number of piperidine rings is 1. The summed E-state index contributed by atoms with van der Waals surface area (Å²) in [5.41, 5.74) is 0. The number of halogens is 4. The minimum absolute atomic E-state index is 0. The molecule has 0 aliphatic carbocycles. The first-order chi connectivity index (χ1) is 11.8. The molecule has 26 heavy (non-hydrogen) atoms. The average molecular weight is 493 g/mol. The lowest BCUT2D eigenvalue weighted by Gasteiger charge is -2.30. The molecule has 2 N–H and O–H groups in total. The van der Waals surface area contributed by atoms with Crippen LogP contribution in [0.5, 0.6) is 0 Å². The predicted octanol–water partition coefficient (Wildman–Crippen LogP) is 2.78. The first kappa shape index (κ1) is 25.7. The molecule has 0 unspecified atom stereocenters. The van der Waals surface area contributed by atoms with Crippen LogP contribution in [0.4, 0.5) is 13.2 Å². The van der Waals surface area contributed by atoms with Crippen molar-refractivity contribution in [3.63, 3.8) is 0 Å². The van der Waals surface area contributed by atoms with E-state index in [-0.39, 0.29) is 24.0 Å². The van der Waals surface area contributed by atoms with Gasteiger partial charge in [-0.3, -0.25) is 9.89 Å². The Morgan fingerprint density at radius 2 is 1.73 bits per heavy atom. The SMILES string of the molecule is CN=C(NCCCN(C)CC(F)(F)F)NCCCN1CCC(C)CC1.I. The first-order valence-corrected chi connectivity index (χ1v) is 9.22. The Kier molecular flexibility index (Phi) is 13.7. The Morgan fingerprint density at radius 3 is 2.27 bits per heavy atom. The Bertz CT molecular complexity index is 385. The van der Waals surface area contributed by atoms with E-state index in [9.17, 15) is 13.2 Å². The van der Waals surface area contributed by atoms with Crippen LogP contribution in [-0.2, 0) is 0 Å².